The molecule has 0 bridgehead atoms. The maximum absolute atomic E-state index is 6.12. The Morgan fingerprint density at radius 2 is 1.38 bits per heavy atom. The van der Waals surface area contributed by atoms with E-state index in [1.807, 2.05) is 60.7 Å². The fourth-order valence-electron chi connectivity index (χ4n) is 1.77. The summed E-state index contributed by atoms with van der Waals surface area (Å²) < 4.78 is 0. The molecule has 0 amide bonds. The fraction of sp³-hybridized carbons (Fsp3) is 0.222. The van der Waals surface area contributed by atoms with E-state index in [9.17, 15) is 0 Å². The van der Waals surface area contributed by atoms with Crippen LogP contribution in [0.15, 0.2) is 70.6 Å². The standard InChI is InChI=1S/C18H21N3/c1-18(2,3)17(20-15-12-8-5-9-13-15)21-16(19)14-10-6-4-7-11-14/h4-13H,1-3H3,(H2,19,20,21). The smallest absolute Gasteiger partial charge is 0.136 e. The Labute approximate surface area is 126 Å². The predicted molar refractivity (Wildman–Crippen MR) is 90.2 cm³/mol. The van der Waals surface area contributed by atoms with Gasteiger partial charge < -0.3 is 5.73 Å². The van der Waals surface area contributed by atoms with Crippen molar-refractivity contribution in [2.45, 2.75) is 20.8 Å². The molecule has 0 fully saturated rings. The largest absolute Gasteiger partial charge is 0.383 e. The third-order valence-corrected chi connectivity index (χ3v) is 2.96. The van der Waals surface area contributed by atoms with Crippen molar-refractivity contribution < 1.29 is 0 Å². The first-order valence-electron chi connectivity index (χ1n) is 7.00. The topological polar surface area (TPSA) is 50.7 Å². The SMILES string of the molecule is CC(C)(C)C(N=C(N)c1ccccc1)=Nc1ccccc1. The van der Waals surface area contributed by atoms with E-state index in [0.717, 1.165) is 17.1 Å². The number of benzene rings is 2. The first kappa shape index (κ1) is 15.0. The van der Waals surface area contributed by atoms with Gasteiger partial charge in [-0.15, -0.1) is 0 Å². The van der Waals surface area contributed by atoms with Crippen molar-refractivity contribution in [1.82, 2.24) is 0 Å². The number of nitrogens with zero attached hydrogens (tertiary/aromatic N) is 2. The summed E-state index contributed by atoms with van der Waals surface area (Å²) in [6.45, 7) is 6.24. The first-order chi connectivity index (χ1) is 9.97. The van der Waals surface area contributed by atoms with Crippen molar-refractivity contribution in [3.8, 4) is 0 Å². The van der Waals surface area contributed by atoms with E-state index in [1.165, 1.54) is 0 Å². The highest BCUT2D eigenvalue weighted by Gasteiger charge is 2.19. The average molecular weight is 279 g/mol. The van der Waals surface area contributed by atoms with Crippen LogP contribution in [0.4, 0.5) is 5.69 Å². The molecule has 0 saturated heterocycles. The molecule has 2 aromatic rings. The van der Waals surface area contributed by atoms with Gasteiger partial charge in [0.15, 0.2) is 0 Å². The van der Waals surface area contributed by atoms with E-state index in [-0.39, 0.29) is 5.41 Å². The number of para-hydroxylation sites is 1. The van der Waals surface area contributed by atoms with Gasteiger partial charge in [0.05, 0.1) is 5.69 Å². The molecule has 2 N–H and O–H groups in total. The second kappa shape index (κ2) is 6.35. The predicted octanol–water partition coefficient (Wildman–Crippen LogP) is 4.17. The van der Waals surface area contributed by atoms with E-state index >= 15 is 0 Å². The number of amidine groups is 2. The lowest BCUT2D eigenvalue weighted by Crippen LogP contribution is -2.23. The molecule has 2 rings (SSSR count). The molecular formula is C18H21N3. The highest BCUT2D eigenvalue weighted by Crippen LogP contribution is 2.22. The van der Waals surface area contributed by atoms with Crippen LogP contribution in [0.3, 0.4) is 0 Å². The highest BCUT2D eigenvalue weighted by atomic mass is 15.0. The molecule has 0 spiro atoms. The average Bonchev–Trinajstić information content (AvgIpc) is 2.47. The lowest BCUT2D eigenvalue weighted by atomic mass is 9.95. The molecule has 3 nitrogen and oxygen atoms in total. The van der Waals surface area contributed by atoms with Crippen molar-refractivity contribution in [2.75, 3.05) is 0 Å². The fourth-order valence-corrected chi connectivity index (χ4v) is 1.77. The Balaban J connectivity index is 2.41. The van der Waals surface area contributed by atoms with Crippen LogP contribution in [0.1, 0.15) is 26.3 Å². The molecular weight excluding hydrogens is 258 g/mol. The van der Waals surface area contributed by atoms with Crippen LogP contribution in [0, 0.1) is 5.41 Å². The van der Waals surface area contributed by atoms with Gasteiger partial charge in [0.2, 0.25) is 0 Å². The van der Waals surface area contributed by atoms with Crippen LogP contribution in [0.2, 0.25) is 0 Å². The van der Waals surface area contributed by atoms with Crippen LogP contribution in [0.5, 0.6) is 0 Å². The molecule has 0 aromatic heterocycles. The summed E-state index contributed by atoms with van der Waals surface area (Å²) in [4.78, 5) is 9.20. The van der Waals surface area contributed by atoms with Crippen LogP contribution in [-0.2, 0) is 0 Å². The molecule has 2 aromatic carbocycles. The Kier molecular flexibility index (Phi) is 4.53. The number of hydrogen-bond donors (Lipinski definition) is 1. The maximum Gasteiger partial charge on any atom is 0.136 e. The third kappa shape index (κ3) is 4.28. The van der Waals surface area contributed by atoms with Crippen molar-refractivity contribution in [2.24, 2.45) is 21.1 Å². The molecule has 0 heterocycles. The Morgan fingerprint density at radius 3 is 1.90 bits per heavy atom. The number of aliphatic imine (C=N–C) groups is 2. The molecule has 0 aliphatic carbocycles. The van der Waals surface area contributed by atoms with E-state index in [0.29, 0.717) is 5.84 Å². The highest BCUT2D eigenvalue weighted by molar-refractivity contribution is 6.07. The Bertz CT molecular complexity index is 635. The summed E-state index contributed by atoms with van der Waals surface area (Å²) in [5.41, 5.74) is 7.72. The summed E-state index contributed by atoms with van der Waals surface area (Å²) in [6.07, 6.45) is 0. The number of hydrogen-bond acceptors (Lipinski definition) is 1. The van der Waals surface area contributed by atoms with Crippen molar-refractivity contribution in [3.05, 3.63) is 66.2 Å². The zero-order chi connectivity index (χ0) is 15.3. The molecule has 0 atom stereocenters. The zero-order valence-corrected chi connectivity index (χ0v) is 12.7. The third-order valence-electron chi connectivity index (χ3n) is 2.96. The first-order valence-corrected chi connectivity index (χ1v) is 7.00. The van der Waals surface area contributed by atoms with Crippen molar-refractivity contribution in [1.29, 1.82) is 0 Å². The van der Waals surface area contributed by atoms with Crippen molar-refractivity contribution >= 4 is 17.4 Å². The van der Waals surface area contributed by atoms with Gasteiger partial charge in [-0.05, 0) is 12.1 Å². The van der Waals surface area contributed by atoms with Gasteiger partial charge in [-0.2, -0.15) is 0 Å². The maximum atomic E-state index is 6.12. The molecule has 21 heavy (non-hydrogen) atoms. The van der Waals surface area contributed by atoms with Gasteiger partial charge in [0, 0.05) is 11.0 Å². The van der Waals surface area contributed by atoms with Gasteiger partial charge >= 0.3 is 0 Å². The van der Waals surface area contributed by atoms with E-state index in [4.69, 9.17) is 5.73 Å². The molecule has 0 radical (unpaired) electrons. The van der Waals surface area contributed by atoms with Crippen LogP contribution >= 0.6 is 0 Å². The minimum absolute atomic E-state index is 0.185. The normalized spacial score (nSPS) is 13.3. The number of nitrogens with two attached hydrogens (primary N) is 1. The molecule has 0 aliphatic heterocycles. The van der Waals surface area contributed by atoms with Gasteiger partial charge in [0.1, 0.15) is 11.7 Å². The van der Waals surface area contributed by atoms with Crippen LogP contribution in [0.25, 0.3) is 0 Å². The molecule has 108 valence electrons. The lowest BCUT2D eigenvalue weighted by Gasteiger charge is -2.18. The molecule has 0 unspecified atom stereocenters. The minimum atomic E-state index is -0.185. The second-order valence-electron chi connectivity index (χ2n) is 5.88. The van der Waals surface area contributed by atoms with E-state index in [2.05, 4.69) is 30.8 Å². The zero-order valence-electron chi connectivity index (χ0n) is 12.7. The van der Waals surface area contributed by atoms with E-state index in [1.54, 1.807) is 0 Å². The summed E-state index contributed by atoms with van der Waals surface area (Å²) in [5, 5.41) is 0. The van der Waals surface area contributed by atoms with E-state index < -0.39 is 0 Å². The number of rotatable bonds is 2. The monoisotopic (exact) mass is 279 g/mol. The second-order valence-corrected chi connectivity index (χ2v) is 5.88. The molecule has 0 aliphatic rings. The van der Waals surface area contributed by atoms with Gasteiger partial charge in [-0.1, -0.05) is 69.3 Å². The Hall–Kier alpha value is -2.42. The van der Waals surface area contributed by atoms with Gasteiger partial charge in [-0.25, -0.2) is 9.98 Å². The summed E-state index contributed by atoms with van der Waals surface area (Å²) >= 11 is 0. The van der Waals surface area contributed by atoms with Crippen LogP contribution < -0.4 is 5.73 Å². The summed E-state index contributed by atoms with van der Waals surface area (Å²) in [7, 11) is 0. The van der Waals surface area contributed by atoms with Crippen LogP contribution in [-0.4, -0.2) is 11.7 Å². The summed E-state index contributed by atoms with van der Waals surface area (Å²) in [6, 6.07) is 19.6. The Morgan fingerprint density at radius 1 is 0.857 bits per heavy atom. The lowest BCUT2D eigenvalue weighted by molar-refractivity contribution is 0.585. The van der Waals surface area contributed by atoms with Gasteiger partial charge in [-0.3, -0.25) is 0 Å². The quantitative estimate of drug-likeness (QED) is 0.651. The molecule has 0 saturated carbocycles. The van der Waals surface area contributed by atoms with Gasteiger partial charge in [0.25, 0.3) is 0 Å². The summed E-state index contributed by atoms with van der Waals surface area (Å²) in [5.74, 6) is 1.20. The van der Waals surface area contributed by atoms with Crippen molar-refractivity contribution in [3.63, 3.8) is 0 Å². The minimum Gasteiger partial charge on any atom is -0.383 e. The molecule has 3 heteroatoms.